The van der Waals surface area contributed by atoms with Crippen molar-refractivity contribution in [1.29, 1.82) is 0 Å². The maximum atomic E-state index is 12.4. The Morgan fingerprint density at radius 2 is 1.95 bits per heavy atom. The van der Waals surface area contributed by atoms with E-state index in [0.29, 0.717) is 6.54 Å². The molecule has 1 atom stereocenters. The topological polar surface area (TPSA) is 40.6 Å². The highest BCUT2D eigenvalue weighted by Crippen LogP contribution is 2.24. The van der Waals surface area contributed by atoms with Crippen LogP contribution in [0.25, 0.3) is 0 Å². The number of aryl methyl sites for hydroxylation is 1. The van der Waals surface area contributed by atoms with E-state index in [2.05, 4.69) is 0 Å². The average Bonchev–Trinajstić information content (AvgIpc) is 2.88. The van der Waals surface area contributed by atoms with E-state index in [1.165, 1.54) is 5.56 Å². The van der Waals surface area contributed by atoms with E-state index in [9.17, 15) is 9.59 Å². The maximum absolute atomic E-state index is 12.4. The Balaban J connectivity index is 1.76. The molecular weight excluding hydrogens is 240 g/mol. The lowest BCUT2D eigenvalue weighted by atomic mass is 10.1. The highest BCUT2D eigenvalue weighted by atomic mass is 16.2. The summed E-state index contributed by atoms with van der Waals surface area (Å²) in [6.45, 7) is 3.54. The molecule has 2 aliphatic rings. The van der Waals surface area contributed by atoms with Crippen molar-refractivity contribution in [1.82, 2.24) is 9.80 Å². The van der Waals surface area contributed by atoms with Crippen molar-refractivity contribution in [2.75, 3.05) is 13.1 Å². The van der Waals surface area contributed by atoms with Gasteiger partial charge in [-0.1, -0.05) is 29.8 Å². The molecule has 0 unspecified atom stereocenters. The van der Waals surface area contributed by atoms with Gasteiger partial charge in [0.1, 0.15) is 12.6 Å². The van der Waals surface area contributed by atoms with E-state index in [0.717, 1.165) is 24.9 Å². The summed E-state index contributed by atoms with van der Waals surface area (Å²) in [6, 6.07) is 7.91. The van der Waals surface area contributed by atoms with Gasteiger partial charge in [-0.25, -0.2) is 0 Å². The van der Waals surface area contributed by atoms with Gasteiger partial charge in [-0.3, -0.25) is 9.59 Å². The number of fused-ring (bicyclic) bond motifs is 1. The predicted octanol–water partition coefficient (Wildman–Crippen LogP) is 1.33. The molecule has 0 radical (unpaired) electrons. The number of hydrogen-bond donors (Lipinski definition) is 0. The van der Waals surface area contributed by atoms with Crippen LogP contribution in [0.1, 0.15) is 24.0 Å². The third-order valence-corrected chi connectivity index (χ3v) is 3.99. The number of carbonyl (C=O) groups excluding carboxylic acids is 2. The van der Waals surface area contributed by atoms with Gasteiger partial charge in [-0.05, 0) is 25.3 Å². The Morgan fingerprint density at radius 1 is 1.21 bits per heavy atom. The molecule has 19 heavy (non-hydrogen) atoms. The summed E-state index contributed by atoms with van der Waals surface area (Å²) in [4.78, 5) is 27.8. The molecule has 1 aromatic rings. The Morgan fingerprint density at radius 3 is 2.68 bits per heavy atom. The molecule has 4 heteroatoms. The highest BCUT2D eigenvalue weighted by Gasteiger charge is 2.41. The number of benzene rings is 1. The fourth-order valence-corrected chi connectivity index (χ4v) is 2.91. The van der Waals surface area contributed by atoms with E-state index >= 15 is 0 Å². The van der Waals surface area contributed by atoms with Crippen LogP contribution in [0.5, 0.6) is 0 Å². The molecule has 0 spiro atoms. The molecule has 0 bridgehead atoms. The molecule has 2 amide bonds. The van der Waals surface area contributed by atoms with Gasteiger partial charge in [0.05, 0.1) is 0 Å². The van der Waals surface area contributed by atoms with Crippen molar-refractivity contribution in [2.24, 2.45) is 0 Å². The second kappa shape index (κ2) is 4.68. The normalized spacial score (nSPS) is 22.9. The average molecular weight is 258 g/mol. The molecule has 100 valence electrons. The molecule has 4 nitrogen and oxygen atoms in total. The number of nitrogens with zero attached hydrogens (tertiary/aromatic N) is 2. The minimum Gasteiger partial charge on any atom is -0.329 e. The van der Waals surface area contributed by atoms with Crippen molar-refractivity contribution in [3.05, 3.63) is 35.4 Å². The summed E-state index contributed by atoms with van der Waals surface area (Å²) in [6.07, 6.45) is 1.76. The smallest absolute Gasteiger partial charge is 0.246 e. The zero-order valence-electron chi connectivity index (χ0n) is 11.1. The number of piperazine rings is 1. The Labute approximate surface area is 113 Å². The lowest BCUT2D eigenvalue weighted by Crippen LogP contribution is -2.56. The van der Waals surface area contributed by atoms with E-state index in [-0.39, 0.29) is 24.4 Å². The molecule has 2 saturated heterocycles. The second-order valence-corrected chi connectivity index (χ2v) is 5.43. The van der Waals surface area contributed by atoms with Crippen molar-refractivity contribution >= 4 is 11.8 Å². The van der Waals surface area contributed by atoms with Crippen LogP contribution in [0.4, 0.5) is 0 Å². The fourth-order valence-electron chi connectivity index (χ4n) is 2.91. The Hall–Kier alpha value is -1.84. The molecule has 1 aromatic carbocycles. The van der Waals surface area contributed by atoms with Gasteiger partial charge < -0.3 is 9.80 Å². The van der Waals surface area contributed by atoms with Crippen molar-refractivity contribution in [2.45, 2.75) is 32.4 Å². The molecule has 2 heterocycles. The van der Waals surface area contributed by atoms with Crippen LogP contribution >= 0.6 is 0 Å². The first-order valence-corrected chi connectivity index (χ1v) is 6.79. The monoisotopic (exact) mass is 258 g/mol. The highest BCUT2D eigenvalue weighted by molar-refractivity contribution is 5.95. The first-order valence-electron chi connectivity index (χ1n) is 6.79. The van der Waals surface area contributed by atoms with Gasteiger partial charge in [0.2, 0.25) is 11.8 Å². The predicted molar refractivity (Wildman–Crippen MR) is 71.3 cm³/mol. The van der Waals surface area contributed by atoms with Crippen LogP contribution in [0.2, 0.25) is 0 Å². The van der Waals surface area contributed by atoms with Crippen LogP contribution in [-0.2, 0) is 16.1 Å². The van der Waals surface area contributed by atoms with Crippen LogP contribution in [0.3, 0.4) is 0 Å². The Kier molecular flexibility index (Phi) is 3.01. The van der Waals surface area contributed by atoms with Crippen LogP contribution < -0.4 is 0 Å². The van der Waals surface area contributed by atoms with Gasteiger partial charge in [-0.2, -0.15) is 0 Å². The molecule has 3 rings (SSSR count). The summed E-state index contributed by atoms with van der Waals surface area (Å²) in [7, 11) is 0. The van der Waals surface area contributed by atoms with Gasteiger partial charge in [-0.15, -0.1) is 0 Å². The minimum absolute atomic E-state index is 0.0919. The van der Waals surface area contributed by atoms with E-state index in [4.69, 9.17) is 0 Å². The molecule has 0 aliphatic carbocycles. The second-order valence-electron chi connectivity index (χ2n) is 5.43. The zero-order valence-corrected chi connectivity index (χ0v) is 11.1. The summed E-state index contributed by atoms with van der Waals surface area (Å²) < 4.78 is 0. The van der Waals surface area contributed by atoms with Crippen molar-refractivity contribution in [3.63, 3.8) is 0 Å². The lowest BCUT2D eigenvalue weighted by Gasteiger charge is -2.36. The summed E-state index contributed by atoms with van der Waals surface area (Å²) >= 11 is 0. The zero-order chi connectivity index (χ0) is 13.4. The largest absolute Gasteiger partial charge is 0.329 e. The Bertz CT molecular complexity index is 509. The SMILES string of the molecule is Cc1ccc(CN2CC(=O)N3CCC[C@H]3C2=O)cc1. The standard InChI is InChI=1S/C15H18N2O2/c1-11-4-6-12(7-5-11)9-16-10-14(18)17-8-2-3-13(17)15(16)19/h4-7,13H,2-3,8-10H2,1H3/t13-/m0/s1. The molecule has 2 aliphatic heterocycles. The van der Waals surface area contributed by atoms with Gasteiger partial charge in [0.15, 0.2) is 0 Å². The first kappa shape index (κ1) is 12.2. The third-order valence-electron chi connectivity index (χ3n) is 3.99. The molecule has 0 N–H and O–H groups in total. The molecular formula is C15H18N2O2. The van der Waals surface area contributed by atoms with E-state index in [1.54, 1.807) is 9.80 Å². The van der Waals surface area contributed by atoms with Crippen molar-refractivity contribution < 1.29 is 9.59 Å². The molecule has 0 aromatic heterocycles. The number of carbonyl (C=O) groups is 2. The molecule has 0 saturated carbocycles. The van der Waals surface area contributed by atoms with Crippen LogP contribution in [0, 0.1) is 6.92 Å². The summed E-state index contributed by atoms with van der Waals surface area (Å²) in [5.74, 6) is 0.201. The minimum atomic E-state index is -0.202. The quantitative estimate of drug-likeness (QED) is 0.803. The molecule has 2 fully saturated rings. The summed E-state index contributed by atoms with van der Waals surface area (Å²) in [5, 5.41) is 0. The van der Waals surface area contributed by atoms with Gasteiger partial charge in [0, 0.05) is 13.1 Å². The van der Waals surface area contributed by atoms with Crippen LogP contribution in [-0.4, -0.2) is 40.7 Å². The van der Waals surface area contributed by atoms with Crippen molar-refractivity contribution in [3.8, 4) is 0 Å². The van der Waals surface area contributed by atoms with Crippen LogP contribution in [0.15, 0.2) is 24.3 Å². The van der Waals surface area contributed by atoms with E-state index in [1.807, 2.05) is 31.2 Å². The maximum Gasteiger partial charge on any atom is 0.246 e. The number of amides is 2. The summed E-state index contributed by atoms with van der Waals surface area (Å²) in [5.41, 5.74) is 2.28. The van der Waals surface area contributed by atoms with Gasteiger partial charge in [0.25, 0.3) is 0 Å². The van der Waals surface area contributed by atoms with E-state index < -0.39 is 0 Å². The number of rotatable bonds is 2. The fraction of sp³-hybridized carbons (Fsp3) is 0.467. The number of hydrogen-bond acceptors (Lipinski definition) is 2. The first-order chi connectivity index (χ1) is 9.15. The van der Waals surface area contributed by atoms with Gasteiger partial charge >= 0.3 is 0 Å². The lowest BCUT2D eigenvalue weighted by molar-refractivity contribution is -0.154. The third kappa shape index (κ3) is 2.23.